The SMILES string of the molecule is CCc1c(N)noc1-c1c[nH]c(C)cc1=O. The molecule has 2 aromatic heterocycles. The molecular weight excluding hydrogens is 206 g/mol. The minimum absolute atomic E-state index is 0.0953. The zero-order valence-electron chi connectivity index (χ0n) is 9.20. The van der Waals surface area contributed by atoms with E-state index in [0.717, 1.165) is 11.3 Å². The molecule has 0 fully saturated rings. The van der Waals surface area contributed by atoms with Crippen molar-refractivity contribution in [1.82, 2.24) is 10.1 Å². The Hall–Kier alpha value is -2.04. The second-order valence-electron chi connectivity index (χ2n) is 3.62. The Balaban J connectivity index is 2.63. The van der Waals surface area contributed by atoms with Crippen LogP contribution in [0, 0.1) is 6.92 Å². The van der Waals surface area contributed by atoms with Crippen LogP contribution in [0.1, 0.15) is 18.2 Å². The summed E-state index contributed by atoms with van der Waals surface area (Å²) in [4.78, 5) is 14.7. The first kappa shape index (κ1) is 10.5. The third-order valence-corrected chi connectivity index (χ3v) is 2.47. The lowest BCUT2D eigenvalue weighted by Crippen LogP contribution is -2.05. The number of H-pyrrole nitrogens is 1. The molecule has 0 bridgehead atoms. The maximum atomic E-state index is 11.8. The van der Waals surface area contributed by atoms with E-state index >= 15 is 0 Å². The molecule has 0 saturated carbocycles. The summed E-state index contributed by atoms with van der Waals surface area (Å²) in [7, 11) is 0. The predicted octanol–water partition coefficient (Wildman–Crippen LogP) is 1.48. The van der Waals surface area contributed by atoms with Crippen molar-refractivity contribution in [3.05, 3.63) is 33.7 Å². The van der Waals surface area contributed by atoms with Crippen molar-refractivity contribution >= 4 is 5.82 Å². The summed E-state index contributed by atoms with van der Waals surface area (Å²) in [6.45, 7) is 3.76. The number of hydrogen-bond acceptors (Lipinski definition) is 4. The van der Waals surface area contributed by atoms with E-state index in [9.17, 15) is 4.79 Å². The summed E-state index contributed by atoms with van der Waals surface area (Å²) in [6.07, 6.45) is 2.30. The van der Waals surface area contributed by atoms with Gasteiger partial charge in [0.05, 0.1) is 5.56 Å². The molecule has 0 radical (unpaired) electrons. The molecule has 0 amide bonds. The maximum Gasteiger partial charge on any atom is 0.192 e. The molecular formula is C11H13N3O2. The first-order valence-corrected chi connectivity index (χ1v) is 5.07. The van der Waals surface area contributed by atoms with Crippen molar-refractivity contribution in [1.29, 1.82) is 0 Å². The molecule has 2 rings (SSSR count). The van der Waals surface area contributed by atoms with E-state index in [-0.39, 0.29) is 5.43 Å². The van der Waals surface area contributed by atoms with E-state index in [1.54, 1.807) is 6.20 Å². The van der Waals surface area contributed by atoms with Gasteiger partial charge in [-0.15, -0.1) is 0 Å². The number of rotatable bonds is 2. The van der Waals surface area contributed by atoms with Gasteiger partial charge >= 0.3 is 0 Å². The summed E-state index contributed by atoms with van der Waals surface area (Å²) in [5.74, 6) is 0.804. The fourth-order valence-corrected chi connectivity index (χ4v) is 1.63. The molecule has 0 unspecified atom stereocenters. The summed E-state index contributed by atoms with van der Waals surface area (Å²) >= 11 is 0. The van der Waals surface area contributed by atoms with E-state index in [1.807, 2.05) is 13.8 Å². The molecule has 2 aromatic rings. The predicted molar refractivity (Wildman–Crippen MR) is 61.1 cm³/mol. The minimum Gasteiger partial charge on any atom is -0.381 e. The number of aryl methyl sites for hydroxylation is 1. The van der Waals surface area contributed by atoms with Gasteiger partial charge in [0.1, 0.15) is 0 Å². The molecule has 0 spiro atoms. The number of aromatic amines is 1. The van der Waals surface area contributed by atoms with Crippen LogP contribution < -0.4 is 11.2 Å². The Kier molecular flexibility index (Phi) is 2.52. The normalized spacial score (nSPS) is 10.6. The summed E-state index contributed by atoms with van der Waals surface area (Å²) in [5, 5.41) is 3.68. The van der Waals surface area contributed by atoms with Crippen LogP contribution in [0.4, 0.5) is 5.82 Å². The van der Waals surface area contributed by atoms with Gasteiger partial charge in [0.2, 0.25) is 0 Å². The number of nitrogen functional groups attached to an aromatic ring is 1. The number of nitrogens with two attached hydrogens (primary N) is 1. The van der Waals surface area contributed by atoms with Gasteiger partial charge in [0.15, 0.2) is 17.0 Å². The van der Waals surface area contributed by atoms with Crippen LogP contribution in [0.15, 0.2) is 21.6 Å². The van der Waals surface area contributed by atoms with Crippen LogP contribution in [0.2, 0.25) is 0 Å². The highest BCUT2D eigenvalue weighted by atomic mass is 16.5. The largest absolute Gasteiger partial charge is 0.381 e. The van der Waals surface area contributed by atoms with E-state index in [1.165, 1.54) is 6.07 Å². The summed E-state index contributed by atoms with van der Waals surface area (Å²) in [5.41, 5.74) is 7.60. The smallest absolute Gasteiger partial charge is 0.192 e. The quantitative estimate of drug-likeness (QED) is 0.801. The third kappa shape index (κ3) is 1.60. The molecule has 2 heterocycles. The fraction of sp³-hybridized carbons (Fsp3) is 0.273. The van der Waals surface area contributed by atoms with Crippen molar-refractivity contribution in [2.75, 3.05) is 5.73 Å². The number of nitrogens with zero attached hydrogens (tertiary/aromatic N) is 1. The maximum absolute atomic E-state index is 11.8. The Morgan fingerprint density at radius 1 is 1.56 bits per heavy atom. The van der Waals surface area contributed by atoms with Crippen LogP contribution in [0.3, 0.4) is 0 Å². The van der Waals surface area contributed by atoms with Gasteiger partial charge in [-0.1, -0.05) is 12.1 Å². The molecule has 84 valence electrons. The van der Waals surface area contributed by atoms with E-state index in [2.05, 4.69) is 10.1 Å². The highest BCUT2D eigenvalue weighted by Gasteiger charge is 2.16. The zero-order valence-corrected chi connectivity index (χ0v) is 9.20. The second-order valence-corrected chi connectivity index (χ2v) is 3.62. The average molecular weight is 219 g/mol. The lowest BCUT2D eigenvalue weighted by molar-refractivity contribution is 0.434. The van der Waals surface area contributed by atoms with Crippen molar-refractivity contribution in [3.63, 3.8) is 0 Å². The van der Waals surface area contributed by atoms with Gasteiger partial charge in [-0.25, -0.2) is 0 Å². The van der Waals surface area contributed by atoms with Gasteiger partial charge in [0.25, 0.3) is 0 Å². The van der Waals surface area contributed by atoms with Gasteiger partial charge in [-0.05, 0) is 13.3 Å². The topological polar surface area (TPSA) is 84.9 Å². The zero-order chi connectivity index (χ0) is 11.7. The number of pyridine rings is 1. The van der Waals surface area contributed by atoms with Crippen molar-refractivity contribution < 1.29 is 4.52 Å². The summed E-state index contributed by atoms with van der Waals surface area (Å²) < 4.78 is 5.10. The lowest BCUT2D eigenvalue weighted by Gasteiger charge is -1.99. The minimum atomic E-state index is -0.0953. The lowest BCUT2D eigenvalue weighted by atomic mass is 10.1. The van der Waals surface area contributed by atoms with Crippen LogP contribution in [-0.2, 0) is 6.42 Å². The molecule has 16 heavy (non-hydrogen) atoms. The van der Waals surface area contributed by atoms with Gasteiger partial charge in [-0.2, -0.15) is 0 Å². The van der Waals surface area contributed by atoms with Crippen LogP contribution in [0.5, 0.6) is 0 Å². The standard InChI is InChI=1S/C11H13N3O2/c1-3-7-10(16-14-11(7)12)8-5-13-6(2)4-9(8)15/h4-5H,3H2,1-2H3,(H2,12,14)(H,13,15). The molecule has 5 nitrogen and oxygen atoms in total. The number of nitrogens with one attached hydrogen (secondary N) is 1. The molecule has 0 saturated heterocycles. The average Bonchev–Trinajstić information content (AvgIpc) is 2.59. The Morgan fingerprint density at radius 3 is 2.94 bits per heavy atom. The fourth-order valence-electron chi connectivity index (χ4n) is 1.63. The van der Waals surface area contributed by atoms with E-state index in [4.69, 9.17) is 10.3 Å². The van der Waals surface area contributed by atoms with Gasteiger partial charge in [0, 0.05) is 23.5 Å². The first-order valence-electron chi connectivity index (χ1n) is 5.07. The Bertz CT molecular complexity index is 569. The summed E-state index contributed by atoms with van der Waals surface area (Å²) in [6, 6.07) is 1.52. The van der Waals surface area contributed by atoms with Crippen molar-refractivity contribution in [2.45, 2.75) is 20.3 Å². The molecule has 3 N–H and O–H groups in total. The van der Waals surface area contributed by atoms with Gasteiger partial charge < -0.3 is 15.2 Å². The van der Waals surface area contributed by atoms with Gasteiger partial charge in [-0.3, -0.25) is 4.79 Å². The first-order chi connectivity index (χ1) is 7.63. The molecule has 5 heteroatoms. The molecule has 0 aliphatic heterocycles. The number of anilines is 1. The highest BCUT2D eigenvalue weighted by molar-refractivity contribution is 5.65. The number of hydrogen-bond donors (Lipinski definition) is 2. The third-order valence-electron chi connectivity index (χ3n) is 2.47. The van der Waals surface area contributed by atoms with E-state index < -0.39 is 0 Å². The van der Waals surface area contributed by atoms with E-state index in [0.29, 0.717) is 23.6 Å². The van der Waals surface area contributed by atoms with Crippen LogP contribution >= 0.6 is 0 Å². The van der Waals surface area contributed by atoms with Crippen molar-refractivity contribution in [2.24, 2.45) is 0 Å². The molecule has 0 aliphatic carbocycles. The molecule has 0 aliphatic rings. The van der Waals surface area contributed by atoms with Crippen LogP contribution in [0.25, 0.3) is 11.3 Å². The second kappa shape index (κ2) is 3.84. The number of aromatic nitrogens is 2. The Labute approximate surface area is 92.3 Å². The molecule has 0 atom stereocenters. The van der Waals surface area contributed by atoms with Crippen LogP contribution in [-0.4, -0.2) is 10.1 Å². The molecule has 0 aromatic carbocycles. The highest BCUT2D eigenvalue weighted by Crippen LogP contribution is 2.25. The Morgan fingerprint density at radius 2 is 2.31 bits per heavy atom. The van der Waals surface area contributed by atoms with Crippen molar-refractivity contribution in [3.8, 4) is 11.3 Å². The monoisotopic (exact) mass is 219 g/mol.